The molecule has 6 heteroatoms. The smallest absolute Gasteiger partial charge is 0.220 e. The van der Waals surface area contributed by atoms with Crippen molar-refractivity contribution in [3.8, 4) is 0 Å². The molecule has 1 unspecified atom stereocenters. The summed E-state index contributed by atoms with van der Waals surface area (Å²) in [6.45, 7) is 2.99. The van der Waals surface area contributed by atoms with E-state index in [9.17, 15) is 13.2 Å². The molecule has 0 aliphatic carbocycles. The van der Waals surface area contributed by atoms with Gasteiger partial charge in [0, 0.05) is 25.6 Å². The summed E-state index contributed by atoms with van der Waals surface area (Å²) in [6.07, 6.45) is 4.02. The van der Waals surface area contributed by atoms with Gasteiger partial charge in [-0.25, -0.2) is 8.42 Å². The van der Waals surface area contributed by atoms with Crippen LogP contribution < -0.4 is 5.32 Å². The fraction of sp³-hybridized carbons (Fsp3) is 0.562. The highest BCUT2D eigenvalue weighted by Gasteiger charge is 2.31. The molecule has 2 rings (SSSR count). The fourth-order valence-corrected chi connectivity index (χ4v) is 3.96. The first-order chi connectivity index (χ1) is 10.4. The number of benzene rings is 1. The molecule has 1 aliphatic rings. The number of hydrogen-bond donors (Lipinski definition) is 1. The third-order valence-corrected chi connectivity index (χ3v) is 5.38. The maximum atomic E-state index is 11.9. The number of rotatable bonds is 6. The number of hydrogen-bond acceptors (Lipinski definition) is 3. The van der Waals surface area contributed by atoms with Crippen molar-refractivity contribution in [1.82, 2.24) is 9.62 Å². The molecule has 1 aromatic rings. The van der Waals surface area contributed by atoms with Crippen molar-refractivity contribution in [2.45, 2.75) is 38.6 Å². The van der Waals surface area contributed by atoms with Gasteiger partial charge >= 0.3 is 0 Å². The zero-order valence-electron chi connectivity index (χ0n) is 13.2. The molecule has 0 spiro atoms. The number of aryl methyl sites for hydroxylation is 2. The lowest BCUT2D eigenvalue weighted by Crippen LogP contribution is -2.42. The molecule has 1 fully saturated rings. The monoisotopic (exact) mass is 324 g/mol. The molecule has 22 heavy (non-hydrogen) atoms. The Morgan fingerprint density at radius 2 is 2.00 bits per heavy atom. The van der Waals surface area contributed by atoms with Crippen LogP contribution in [0.5, 0.6) is 0 Å². The SMILES string of the molecule is Cc1ccc(CCC(=O)NCC2CCCN2S(C)(=O)=O)cc1. The zero-order chi connectivity index (χ0) is 16.2. The second-order valence-electron chi connectivity index (χ2n) is 5.96. The van der Waals surface area contributed by atoms with Crippen LogP contribution in [0.15, 0.2) is 24.3 Å². The molecule has 5 nitrogen and oxygen atoms in total. The predicted molar refractivity (Wildman–Crippen MR) is 87.1 cm³/mol. The topological polar surface area (TPSA) is 66.5 Å². The van der Waals surface area contributed by atoms with Gasteiger partial charge in [0.05, 0.1) is 6.26 Å². The van der Waals surface area contributed by atoms with Crippen LogP contribution in [-0.4, -0.2) is 44.0 Å². The van der Waals surface area contributed by atoms with Crippen molar-refractivity contribution in [3.05, 3.63) is 35.4 Å². The van der Waals surface area contributed by atoms with E-state index in [0.29, 0.717) is 25.9 Å². The minimum atomic E-state index is -3.18. The van der Waals surface area contributed by atoms with E-state index in [1.54, 1.807) is 0 Å². The minimum absolute atomic E-state index is 0.0269. The largest absolute Gasteiger partial charge is 0.354 e. The van der Waals surface area contributed by atoms with Crippen LogP contribution in [-0.2, 0) is 21.2 Å². The summed E-state index contributed by atoms with van der Waals surface area (Å²) in [7, 11) is -3.18. The van der Waals surface area contributed by atoms with Crippen LogP contribution >= 0.6 is 0 Å². The summed E-state index contributed by atoms with van der Waals surface area (Å²) in [5.41, 5.74) is 2.34. The van der Waals surface area contributed by atoms with Crippen LogP contribution in [0.1, 0.15) is 30.4 Å². The normalized spacial score (nSPS) is 19.3. The van der Waals surface area contributed by atoms with Crippen LogP contribution in [0.4, 0.5) is 0 Å². The van der Waals surface area contributed by atoms with Crippen LogP contribution in [0.3, 0.4) is 0 Å². The van der Waals surface area contributed by atoms with Crippen molar-refractivity contribution in [3.63, 3.8) is 0 Å². The van der Waals surface area contributed by atoms with E-state index < -0.39 is 10.0 Å². The summed E-state index contributed by atoms with van der Waals surface area (Å²) in [5, 5.41) is 2.86. The summed E-state index contributed by atoms with van der Waals surface area (Å²) in [5.74, 6) is -0.0269. The van der Waals surface area contributed by atoms with Gasteiger partial charge in [-0.2, -0.15) is 4.31 Å². The molecule has 0 radical (unpaired) electrons. The highest BCUT2D eigenvalue weighted by Crippen LogP contribution is 2.19. The number of nitrogens with one attached hydrogen (secondary N) is 1. The molecule has 122 valence electrons. The van der Waals surface area contributed by atoms with Crippen molar-refractivity contribution < 1.29 is 13.2 Å². The quantitative estimate of drug-likeness (QED) is 0.862. The molecule has 0 saturated carbocycles. The molecule has 1 aliphatic heterocycles. The zero-order valence-corrected chi connectivity index (χ0v) is 14.0. The number of carbonyl (C=O) groups is 1. The molecule has 1 atom stereocenters. The number of carbonyl (C=O) groups excluding carboxylic acids is 1. The summed E-state index contributed by atoms with van der Waals surface area (Å²) in [6, 6.07) is 8.04. The Bertz CT molecular complexity index is 611. The maximum Gasteiger partial charge on any atom is 0.220 e. The number of sulfonamides is 1. The predicted octanol–water partition coefficient (Wildman–Crippen LogP) is 1.47. The molecular formula is C16H24N2O3S. The van der Waals surface area contributed by atoms with Crippen LogP contribution in [0, 0.1) is 6.92 Å². The van der Waals surface area contributed by atoms with E-state index in [-0.39, 0.29) is 11.9 Å². The van der Waals surface area contributed by atoms with E-state index in [4.69, 9.17) is 0 Å². The van der Waals surface area contributed by atoms with Gasteiger partial charge in [-0.1, -0.05) is 29.8 Å². The highest BCUT2D eigenvalue weighted by molar-refractivity contribution is 7.88. The van der Waals surface area contributed by atoms with Gasteiger partial charge in [0.15, 0.2) is 0 Å². The Morgan fingerprint density at radius 1 is 1.32 bits per heavy atom. The van der Waals surface area contributed by atoms with E-state index in [1.165, 1.54) is 16.1 Å². The third-order valence-electron chi connectivity index (χ3n) is 4.05. The van der Waals surface area contributed by atoms with E-state index in [0.717, 1.165) is 18.4 Å². The van der Waals surface area contributed by atoms with Crippen molar-refractivity contribution in [2.75, 3.05) is 19.3 Å². The Labute approximate surface area is 132 Å². The second-order valence-corrected chi connectivity index (χ2v) is 7.89. The first-order valence-corrected chi connectivity index (χ1v) is 9.50. The van der Waals surface area contributed by atoms with Gasteiger partial charge in [-0.15, -0.1) is 0 Å². The van der Waals surface area contributed by atoms with Gasteiger partial charge in [-0.3, -0.25) is 4.79 Å². The van der Waals surface area contributed by atoms with Crippen molar-refractivity contribution >= 4 is 15.9 Å². The molecule has 0 bridgehead atoms. The third kappa shape index (κ3) is 4.81. The standard InChI is InChI=1S/C16H24N2O3S/c1-13-5-7-14(8-6-13)9-10-16(19)17-12-15-4-3-11-18(15)22(2,20)21/h5-8,15H,3-4,9-12H2,1-2H3,(H,17,19). The maximum absolute atomic E-state index is 11.9. The second kappa shape index (κ2) is 7.24. The minimum Gasteiger partial charge on any atom is -0.354 e. The van der Waals surface area contributed by atoms with E-state index >= 15 is 0 Å². The van der Waals surface area contributed by atoms with Gasteiger partial charge < -0.3 is 5.32 Å². The number of amides is 1. The van der Waals surface area contributed by atoms with E-state index in [1.807, 2.05) is 31.2 Å². The highest BCUT2D eigenvalue weighted by atomic mass is 32.2. The summed E-state index contributed by atoms with van der Waals surface area (Å²) < 4.78 is 24.8. The average molecular weight is 324 g/mol. The molecule has 1 N–H and O–H groups in total. The van der Waals surface area contributed by atoms with Gasteiger partial charge in [0.2, 0.25) is 15.9 Å². The summed E-state index contributed by atoms with van der Waals surface area (Å²) >= 11 is 0. The van der Waals surface area contributed by atoms with Gasteiger partial charge in [0.25, 0.3) is 0 Å². The molecule has 0 aromatic heterocycles. The molecule has 1 amide bonds. The lowest BCUT2D eigenvalue weighted by molar-refractivity contribution is -0.121. The molecule has 1 aromatic carbocycles. The molecule has 1 saturated heterocycles. The van der Waals surface area contributed by atoms with E-state index in [2.05, 4.69) is 5.32 Å². The lowest BCUT2D eigenvalue weighted by atomic mass is 10.1. The molecule has 1 heterocycles. The summed E-state index contributed by atoms with van der Waals surface area (Å²) in [4.78, 5) is 11.9. The van der Waals surface area contributed by atoms with Crippen molar-refractivity contribution in [1.29, 1.82) is 0 Å². The first-order valence-electron chi connectivity index (χ1n) is 7.65. The van der Waals surface area contributed by atoms with Gasteiger partial charge in [-0.05, 0) is 31.7 Å². The Hall–Kier alpha value is -1.40. The first kappa shape index (κ1) is 17.0. The Balaban J connectivity index is 1.77. The van der Waals surface area contributed by atoms with Crippen LogP contribution in [0.2, 0.25) is 0 Å². The average Bonchev–Trinajstić information content (AvgIpc) is 2.93. The Morgan fingerprint density at radius 3 is 2.64 bits per heavy atom. The molecular weight excluding hydrogens is 300 g/mol. The fourth-order valence-electron chi connectivity index (χ4n) is 2.78. The van der Waals surface area contributed by atoms with Gasteiger partial charge in [0.1, 0.15) is 0 Å². The van der Waals surface area contributed by atoms with Crippen LogP contribution in [0.25, 0.3) is 0 Å². The number of nitrogens with zero attached hydrogens (tertiary/aromatic N) is 1. The Kier molecular flexibility index (Phi) is 5.58. The van der Waals surface area contributed by atoms with Crippen molar-refractivity contribution in [2.24, 2.45) is 0 Å². The lowest BCUT2D eigenvalue weighted by Gasteiger charge is -2.22.